The lowest BCUT2D eigenvalue weighted by atomic mass is 9.99. The van der Waals surface area contributed by atoms with Crippen LogP contribution in [-0.4, -0.2) is 24.8 Å². The molecule has 3 rings (SSSR count). The predicted octanol–water partition coefficient (Wildman–Crippen LogP) is 8.54. The van der Waals surface area contributed by atoms with E-state index in [2.05, 4.69) is 73.8 Å². The van der Waals surface area contributed by atoms with Crippen molar-refractivity contribution in [2.45, 2.75) is 48.0 Å². The lowest BCUT2D eigenvalue weighted by molar-refractivity contribution is 0.552. The van der Waals surface area contributed by atoms with Gasteiger partial charge in [-0.1, -0.05) is 62.0 Å². The summed E-state index contributed by atoms with van der Waals surface area (Å²) in [6, 6.07) is 14.5. The molecule has 0 bridgehead atoms. The number of furan rings is 1. The van der Waals surface area contributed by atoms with Crippen LogP contribution in [0.1, 0.15) is 50.1 Å². The van der Waals surface area contributed by atoms with Crippen molar-refractivity contribution >= 4 is 39.7 Å². The van der Waals surface area contributed by atoms with E-state index < -0.39 is 0 Å². The molecule has 3 aromatic rings. The van der Waals surface area contributed by atoms with E-state index in [1.165, 1.54) is 22.3 Å². The van der Waals surface area contributed by atoms with E-state index >= 15 is 0 Å². The quantitative estimate of drug-likeness (QED) is 0.255. The number of hydrogen-bond donors (Lipinski definition) is 0. The second kappa shape index (κ2) is 12.4. The first-order valence-corrected chi connectivity index (χ1v) is 12.1. The minimum atomic E-state index is 0.830. The van der Waals surface area contributed by atoms with E-state index in [1.807, 2.05) is 45.4 Å². The van der Waals surface area contributed by atoms with E-state index in [0.29, 0.717) is 0 Å². The number of rotatable bonds is 8. The number of nitrogens with zero attached hydrogens (tertiary/aromatic N) is 2. The lowest BCUT2D eigenvalue weighted by Crippen LogP contribution is -2.14. The molecule has 0 aliphatic heterocycles. The number of aryl methyl sites for hydroxylation is 2. The van der Waals surface area contributed by atoms with Crippen LogP contribution < -0.4 is 0 Å². The van der Waals surface area contributed by atoms with Crippen LogP contribution in [0.4, 0.5) is 5.69 Å². The van der Waals surface area contributed by atoms with Crippen molar-refractivity contribution in [1.82, 2.24) is 4.90 Å². The van der Waals surface area contributed by atoms with Gasteiger partial charge in [-0.25, -0.2) is 4.99 Å². The number of aliphatic imine (C=N–C) groups is 1. The van der Waals surface area contributed by atoms with Crippen LogP contribution in [0.15, 0.2) is 69.4 Å². The highest BCUT2D eigenvalue weighted by Gasteiger charge is 2.08. The lowest BCUT2D eigenvalue weighted by Gasteiger charge is -2.12. The largest absolute Gasteiger partial charge is 0.456 e. The molecule has 1 aromatic heterocycles. The molecule has 170 valence electrons. The van der Waals surface area contributed by atoms with Crippen molar-refractivity contribution < 1.29 is 4.42 Å². The summed E-state index contributed by atoms with van der Waals surface area (Å²) in [6.07, 6.45) is 2.80. The first-order valence-electron chi connectivity index (χ1n) is 11.2. The number of para-hydroxylation sites is 1. The Kier molecular flexibility index (Phi) is 9.86. The molecule has 3 nitrogen and oxygen atoms in total. The maximum atomic E-state index is 5.91. The van der Waals surface area contributed by atoms with Gasteiger partial charge in [0.05, 0.1) is 12.0 Å². The van der Waals surface area contributed by atoms with Crippen LogP contribution in [0, 0.1) is 13.8 Å². The summed E-state index contributed by atoms with van der Waals surface area (Å²) in [7, 11) is 2.03. The monoisotopic (exact) mass is 448 g/mol. The Balaban J connectivity index is 0.00000176. The summed E-state index contributed by atoms with van der Waals surface area (Å²) in [5.74, 6) is 0.830. The van der Waals surface area contributed by atoms with Gasteiger partial charge in [0.15, 0.2) is 0 Å². The predicted molar refractivity (Wildman–Crippen MR) is 144 cm³/mol. The molecule has 0 saturated heterocycles. The summed E-state index contributed by atoms with van der Waals surface area (Å²) in [5, 5.41) is 3.28. The molecule has 1 heterocycles. The molecule has 4 heteroatoms. The molecule has 0 radical (unpaired) electrons. The zero-order chi connectivity index (χ0) is 23.7. The molecule has 0 aliphatic rings. The Morgan fingerprint density at radius 2 is 1.84 bits per heavy atom. The number of thioether (sulfide) groups is 1. The van der Waals surface area contributed by atoms with E-state index in [4.69, 9.17) is 4.42 Å². The minimum Gasteiger partial charge on any atom is -0.456 e. The number of fused-ring (bicyclic) bond motifs is 1. The van der Waals surface area contributed by atoms with Gasteiger partial charge in [-0.15, -0.1) is 0 Å². The van der Waals surface area contributed by atoms with Gasteiger partial charge >= 0.3 is 0 Å². The Labute approximate surface area is 197 Å². The Morgan fingerprint density at radius 1 is 1.12 bits per heavy atom. The summed E-state index contributed by atoms with van der Waals surface area (Å²) in [4.78, 5) is 7.62. The van der Waals surface area contributed by atoms with Gasteiger partial charge < -0.3 is 9.32 Å². The van der Waals surface area contributed by atoms with Crippen molar-refractivity contribution in [3.8, 4) is 0 Å². The maximum absolute atomic E-state index is 5.91. The van der Waals surface area contributed by atoms with Crippen molar-refractivity contribution in [2.75, 3.05) is 13.6 Å². The fourth-order valence-corrected chi connectivity index (χ4v) is 3.77. The van der Waals surface area contributed by atoms with Crippen LogP contribution in [-0.2, 0) is 6.42 Å². The average molecular weight is 449 g/mol. The Bertz CT molecular complexity index is 1070. The van der Waals surface area contributed by atoms with Crippen LogP contribution in [0.3, 0.4) is 0 Å². The summed E-state index contributed by atoms with van der Waals surface area (Å²) in [5.41, 5.74) is 7.02. The SMILES string of the molecule is C=C(S/C=C(\C)Cc1cc(C)c(N=CN(C)CC)cc1C)c1cc2ccccc2o1.CC. The van der Waals surface area contributed by atoms with Crippen molar-refractivity contribution in [2.24, 2.45) is 4.99 Å². The minimum absolute atomic E-state index is 0.830. The molecule has 0 atom stereocenters. The summed E-state index contributed by atoms with van der Waals surface area (Å²) in [6.45, 7) is 17.7. The maximum Gasteiger partial charge on any atom is 0.141 e. The molecule has 0 N–H and O–H groups in total. The molecule has 32 heavy (non-hydrogen) atoms. The van der Waals surface area contributed by atoms with Crippen molar-refractivity contribution in [3.05, 3.63) is 82.5 Å². The smallest absolute Gasteiger partial charge is 0.141 e. The van der Waals surface area contributed by atoms with E-state index in [1.54, 1.807) is 11.8 Å². The molecule has 0 amide bonds. The average Bonchev–Trinajstić information content (AvgIpc) is 3.24. The molecular formula is C28H36N2OS. The van der Waals surface area contributed by atoms with Crippen LogP contribution in [0.5, 0.6) is 0 Å². The van der Waals surface area contributed by atoms with E-state index in [-0.39, 0.29) is 0 Å². The fourth-order valence-electron chi connectivity index (χ4n) is 3.12. The highest BCUT2D eigenvalue weighted by molar-refractivity contribution is 8.10. The third-order valence-corrected chi connectivity index (χ3v) is 6.13. The van der Waals surface area contributed by atoms with E-state index in [9.17, 15) is 0 Å². The normalized spacial score (nSPS) is 11.5. The molecule has 0 saturated carbocycles. The molecule has 0 unspecified atom stereocenters. The second-order valence-electron chi connectivity index (χ2n) is 7.71. The highest BCUT2D eigenvalue weighted by atomic mass is 32.2. The van der Waals surface area contributed by atoms with Crippen LogP contribution >= 0.6 is 11.8 Å². The number of allylic oxidation sites excluding steroid dienone is 1. The summed E-state index contributed by atoms with van der Waals surface area (Å²) >= 11 is 1.62. The number of benzene rings is 2. The topological polar surface area (TPSA) is 28.7 Å². The first kappa shape index (κ1) is 25.5. The molecule has 2 aromatic carbocycles. The van der Waals surface area contributed by atoms with Crippen molar-refractivity contribution in [3.63, 3.8) is 0 Å². The zero-order valence-electron chi connectivity index (χ0n) is 20.5. The molecule has 0 spiro atoms. The van der Waals surface area contributed by atoms with Gasteiger partial charge in [0, 0.05) is 23.9 Å². The number of hydrogen-bond acceptors (Lipinski definition) is 3. The highest BCUT2D eigenvalue weighted by Crippen LogP contribution is 2.32. The second-order valence-corrected chi connectivity index (χ2v) is 8.68. The summed E-state index contributed by atoms with van der Waals surface area (Å²) < 4.78 is 5.91. The third kappa shape index (κ3) is 6.89. The van der Waals surface area contributed by atoms with Gasteiger partial charge in [0.25, 0.3) is 0 Å². The van der Waals surface area contributed by atoms with Gasteiger partial charge in [-0.3, -0.25) is 0 Å². The zero-order valence-corrected chi connectivity index (χ0v) is 21.3. The third-order valence-electron chi connectivity index (χ3n) is 5.12. The van der Waals surface area contributed by atoms with Gasteiger partial charge in [-0.2, -0.15) is 0 Å². The van der Waals surface area contributed by atoms with Crippen molar-refractivity contribution in [1.29, 1.82) is 0 Å². The Hall–Kier alpha value is -2.72. The van der Waals surface area contributed by atoms with Crippen LogP contribution in [0.25, 0.3) is 15.9 Å². The van der Waals surface area contributed by atoms with Gasteiger partial charge in [0.2, 0.25) is 0 Å². The standard InChI is InChI=1S/C26H30N2OS.C2H6/c1-7-28(6)17-27-24-14-19(3)23(13-20(24)4)12-18(2)16-30-21(5)26-15-22-10-8-9-11-25(22)29-26;1-2/h8-11,13-17H,5,7,12H2,1-4,6H3;1-2H3/b18-16+,27-17?;. The van der Waals surface area contributed by atoms with E-state index in [0.717, 1.165) is 40.3 Å². The fraction of sp³-hybridized carbons (Fsp3) is 0.321. The Morgan fingerprint density at radius 3 is 2.53 bits per heavy atom. The molecular weight excluding hydrogens is 412 g/mol. The molecule has 0 aliphatic carbocycles. The molecule has 0 fully saturated rings. The van der Waals surface area contributed by atoms with Gasteiger partial charge in [-0.05, 0) is 74.4 Å². The van der Waals surface area contributed by atoms with Crippen LogP contribution in [0.2, 0.25) is 0 Å². The first-order chi connectivity index (χ1) is 15.4. The van der Waals surface area contributed by atoms with Gasteiger partial charge in [0.1, 0.15) is 11.3 Å².